The molecule has 0 rings (SSSR count). The van der Waals surface area contributed by atoms with Crippen molar-refractivity contribution < 1.29 is 75.8 Å². The number of carbonyl (C=O) groups excluding carboxylic acids is 3. The molecule has 16 nitrogen and oxygen atoms in total. The van der Waals surface area contributed by atoms with Gasteiger partial charge in [0, 0.05) is 19.3 Å². The SMILES string of the molecule is CC/C=C\C/C=C\C/C=C\C/C=C\C/C=C\C/C=C\CCCCCCCCCCCCCCCCC(=O)OCC(O)COP(=O)(O)OCC(O)COP(=O)(O)OCC(COC(=O)CCCCCCCCCCC/C=C\C/C=C\C/C=C\C/C=C\CCCCC)OC(=O)CCCCCCC/C=C\C/C=C\CCCCC. The van der Waals surface area contributed by atoms with Crippen molar-refractivity contribution in [3.63, 3.8) is 0 Å². The lowest BCUT2D eigenvalue weighted by Crippen LogP contribution is -2.30. The van der Waals surface area contributed by atoms with Crippen molar-refractivity contribution in [1.29, 1.82) is 0 Å². The monoisotopic (exact) mass is 1570 g/mol. The van der Waals surface area contributed by atoms with E-state index in [-0.39, 0.29) is 19.3 Å². The van der Waals surface area contributed by atoms with Crippen LogP contribution in [-0.2, 0) is 55.8 Å². The number of phosphoric acid groups is 2. The van der Waals surface area contributed by atoms with E-state index in [1.165, 1.54) is 135 Å². The Bertz CT molecular complexity index is 2560. The summed E-state index contributed by atoms with van der Waals surface area (Å²) in [5.74, 6) is -1.59. The van der Waals surface area contributed by atoms with Gasteiger partial charge >= 0.3 is 33.6 Å². The number of phosphoric ester groups is 2. The molecule has 0 aliphatic rings. The number of hydrogen-bond donors (Lipinski definition) is 4. The van der Waals surface area contributed by atoms with Crippen molar-refractivity contribution >= 4 is 33.6 Å². The Labute approximate surface area is 664 Å². The van der Waals surface area contributed by atoms with Crippen LogP contribution in [0.15, 0.2) is 146 Å². The highest BCUT2D eigenvalue weighted by Gasteiger charge is 2.29. The highest BCUT2D eigenvalue weighted by atomic mass is 31.2. The van der Waals surface area contributed by atoms with Crippen molar-refractivity contribution in [2.45, 2.75) is 373 Å². The first kappa shape index (κ1) is 104. The molecule has 109 heavy (non-hydrogen) atoms. The van der Waals surface area contributed by atoms with Gasteiger partial charge in [-0.25, -0.2) is 9.13 Å². The molecule has 0 heterocycles. The Hall–Kier alpha value is -4.57. The van der Waals surface area contributed by atoms with E-state index in [0.29, 0.717) is 19.3 Å². The average molecular weight is 1570 g/mol. The topological polar surface area (TPSA) is 231 Å². The quantitative estimate of drug-likeness (QED) is 0.0146. The van der Waals surface area contributed by atoms with Gasteiger partial charge in [0.05, 0.1) is 26.4 Å². The van der Waals surface area contributed by atoms with Crippen LogP contribution >= 0.6 is 15.6 Å². The molecule has 0 aliphatic heterocycles. The van der Waals surface area contributed by atoms with Gasteiger partial charge in [0.25, 0.3) is 0 Å². The van der Waals surface area contributed by atoms with Crippen LogP contribution < -0.4 is 0 Å². The third-order valence-corrected chi connectivity index (χ3v) is 19.9. The molecule has 0 aromatic rings. The number of aliphatic hydroxyl groups excluding tert-OH is 2. The third-order valence-electron chi connectivity index (χ3n) is 18.0. The molecule has 626 valence electrons. The smallest absolute Gasteiger partial charge is 0.463 e. The van der Waals surface area contributed by atoms with Crippen LogP contribution in [0.5, 0.6) is 0 Å². The fourth-order valence-corrected chi connectivity index (χ4v) is 13.1. The van der Waals surface area contributed by atoms with E-state index in [2.05, 4.69) is 167 Å². The third kappa shape index (κ3) is 84.2. The molecule has 0 radical (unpaired) electrons. The number of ether oxygens (including phenoxy) is 3. The van der Waals surface area contributed by atoms with Crippen molar-refractivity contribution in [2.75, 3.05) is 39.6 Å². The van der Waals surface area contributed by atoms with Gasteiger partial charge in [-0.15, -0.1) is 0 Å². The molecule has 18 heteroatoms. The molecule has 0 aromatic carbocycles. The van der Waals surface area contributed by atoms with Gasteiger partial charge in [-0.3, -0.25) is 32.5 Å². The largest absolute Gasteiger partial charge is 0.472 e. The van der Waals surface area contributed by atoms with E-state index in [0.717, 1.165) is 161 Å². The molecule has 0 aliphatic carbocycles. The molecule has 5 atom stereocenters. The standard InChI is InChI=1S/C91H156O16P2/c1-4-7-10-13-16-19-22-25-28-30-32-34-36-38-39-40-41-42-43-44-45-47-49-50-52-54-57-59-62-65-68-71-74-77-89(94)101-80-86(92)81-103-108(97,98)104-82-87(93)83-105-109(99,100)106-85-88(107-91(96)79-76-73-70-67-64-61-56-27-24-21-18-15-12-9-6-3)84-102-90(95)78-75-72-69-66-63-60-58-55-53-51-48-46-37-35-33-31-29-26-23-20-17-14-11-8-5-2/h7,10,16-21,25-29,32-35,38-39,41-42,46,48,56,86-88,92-93H,4-6,8-9,11-15,22-24,30-31,36-37,40,43-45,47,49-55,57-85H2,1-3H3,(H,97,98)(H,99,100)/b10-7-,19-16-,20-17-,21-18-,28-25-,29-26-,34-32-,35-33-,39-38-,42-41-,48-46-,56-27-. The van der Waals surface area contributed by atoms with E-state index in [1.54, 1.807) is 0 Å². The number of hydrogen-bond acceptors (Lipinski definition) is 14. The first-order valence-corrected chi connectivity index (χ1v) is 46.1. The number of allylic oxidation sites excluding steroid dienone is 24. The van der Waals surface area contributed by atoms with Gasteiger partial charge in [0.15, 0.2) is 6.10 Å². The molecular formula is C91H156O16P2. The minimum atomic E-state index is -4.94. The van der Waals surface area contributed by atoms with Crippen molar-refractivity contribution in [1.82, 2.24) is 0 Å². The summed E-state index contributed by atoms with van der Waals surface area (Å²) in [5, 5.41) is 20.7. The van der Waals surface area contributed by atoms with E-state index in [9.17, 15) is 43.5 Å². The number of aliphatic hydroxyl groups is 2. The molecule has 5 unspecified atom stereocenters. The van der Waals surface area contributed by atoms with Crippen molar-refractivity contribution in [2.24, 2.45) is 0 Å². The number of carbonyl (C=O) groups is 3. The second-order valence-corrected chi connectivity index (χ2v) is 31.5. The van der Waals surface area contributed by atoms with Gasteiger partial charge < -0.3 is 34.2 Å². The fraction of sp³-hybridized carbons (Fsp3) is 0.703. The molecule has 0 amide bonds. The van der Waals surface area contributed by atoms with Crippen LogP contribution in [0.3, 0.4) is 0 Å². The fourth-order valence-electron chi connectivity index (χ4n) is 11.5. The number of rotatable bonds is 81. The van der Waals surface area contributed by atoms with Gasteiger partial charge in [-0.05, 0) is 148 Å². The van der Waals surface area contributed by atoms with Crippen LogP contribution in [0, 0.1) is 0 Å². The normalized spacial score (nSPS) is 14.6. The van der Waals surface area contributed by atoms with Gasteiger partial charge in [0.1, 0.15) is 25.4 Å². The summed E-state index contributed by atoms with van der Waals surface area (Å²) in [4.78, 5) is 58.8. The molecule has 0 aromatic heterocycles. The zero-order chi connectivity index (χ0) is 79.4. The summed E-state index contributed by atoms with van der Waals surface area (Å²) in [5.41, 5.74) is 0. The predicted molar refractivity (Wildman–Crippen MR) is 454 cm³/mol. The Morgan fingerprint density at radius 1 is 0.266 bits per heavy atom. The second kappa shape index (κ2) is 82.9. The minimum absolute atomic E-state index is 0.0853. The summed E-state index contributed by atoms with van der Waals surface area (Å²) >= 11 is 0. The Kier molecular flexibility index (Phi) is 79.4. The van der Waals surface area contributed by atoms with E-state index in [4.69, 9.17) is 32.3 Å². The number of unbranched alkanes of at least 4 members (excludes halogenated alkanes) is 34. The van der Waals surface area contributed by atoms with Crippen LogP contribution in [0.1, 0.15) is 355 Å². The molecule has 0 fully saturated rings. The summed E-state index contributed by atoms with van der Waals surface area (Å²) in [6.07, 6.45) is 103. The first-order valence-electron chi connectivity index (χ1n) is 43.1. The van der Waals surface area contributed by atoms with E-state index >= 15 is 0 Å². The van der Waals surface area contributed by atoms with Crippen LogP contribution in [0.4, 0.5) is 0 Å². The molecule has 0 bridgehead atoms. The zero-order valence-electron chi connectivity index (χ0n) is 68.7. The van der Waals surface area contributed by atoms with Crippen LogP contribution in [-0.4, -0.2) is 95.9 Å². The van der Waals surface area contributed by atoms with Crippen LogP contribution in [0.2, 0.25) is 0 Å². The summed E-state index contributed by atoms with van der Waals surface area (Å²) in [6, 6.07) is 0. The first-order chi connectivity index (χ1) is 53.2. The number of esters is 3. The van der Waals surface area contributed by atoms with E-state index < -0.39 is 91.5 Å². The maximum atomic E-state index is 13.0. The maximum Gasteiger partial charge on any atom is 0.472 e. The van der Waals surface area contributed by atoms with Gasteiger partial charge in [0.2, 0.25) is 0 Å². The Morgan fingerprint density at radius 3 is 0.771 bits per heavy atom. The molecule has 0 saturated carbocycles. The predicted octanol–water partition coefficient (Wildman–Crippen LogP) is 26.0. The highest BCUT2D eigenvalue weighted by Crippen LogP contribution is 2.45. The Morgan fingerprint density at radius 2 is 0.486 bits per heavy atom. The lowest BCUT2D eigenvalue weighted by Gasteiger charge is -2.21. The minimum Gasteiger partial charge on any atom is -0.463 e. The molecule has 0 saturated heterocycles. The summed E-state index contributed by atoms with van der Waals surface area (Å²) in [7, 11) is -9.80. The lowest BCUT2D eigenvalue weighted by atomic mass is 10.0. The summed E-state index contributed by atoms with van der Waals surface area (Å²) < 4.78 is 61.3. The molecule has 0 spiro atoms. The zero-order valence-corrected chi connectivity index (χ0v) is 70.5. The van der Waals surface area contributed by atoms with Crippen molar-refractivity contribution in [3.8, 4) is 0 Å². The highest BCUT2D eigenvalue weighted by molar-refractivity contribution is 7.47. The van der Waals surface area contributed by atoms with Gasteiger partial charge in [-0.1, -0.05) is 334 Å². The molecular weight excluding hydrogens is 1410 g/mol. The molecule has 4 N–H and O–H groups in total. The van der Waals surface area contributed by atoms with Crippen molar-refractivity contribution in [3.05, 3.63) is 146 Å². The van der Waals surface area contributed by atoms with Crippen LogP contribution in [0.25, 0.3) is 0 Å². The Balaban J connectivity index is 4.49. The second-order valence-electron chi connectivity index (χ2n) is 28.6. The summed E-state index contributed by atoms with van der Waals surface area (Å²) in [6.45, 7) is 2.52. The lowest BCUT2D eigenvalue weighted by molar-refractivity contribution is -0.161. The average Bonchev–Trinajstić information content (AvgIpc) is 0.903. The van der Waals surface area contributed by atoms with E-state index in [1.807, 2.05) is 0 Å². The van der Waals surface area contributed by atoms with Gasteiger partial charge in [-0.2, -0.15) is 0 Å². The maximum absolute atomic E-state index is 13.0.